The minimum absolute atomic E-state index is 0.182. The molecule has 0 saturated carbocycles. The van der Waals surface area contributed by atoms with Crippen LogP contribution >= 0.6 is 0 Å². The first-order valence-corrected chi connectivity index (χ1v) is 6.61. The maximum Gasteiger partial charge on any atom is 0.341 e. The zero-order chi connectivity index (χ0) is 15.2. The Hall–Kier alpha value is -2.47. The van der Waals surface area contributed by atoms with Gasteiger partial charge in [0.25, 0.3) is 0 Å². The summed E-state index contributed by atoms with van der Waals surface area (Å²) in [5, 5.41) is 0. The minimum atomic E-state index is -0.436. The van der Waals surface area contributed by atoms with Crippen molar-refractivity contribution in [1.29, 1.82) is 0 Å². The summed E-state index contributed by atoms with van der Waals surface area (Å²) in [6, 6.07) is 7.51. The molecule has 0 aliphatic heterocycles. The molecule has 6 heteroatoms. The molecule has 0 bridgehead atoms. The number of nitrogens with zero attached hydrogens (tertiary/aromatic N) is 2. The van der Waals surface area contributed by atoms with Crippen LogP contribution in [0.5, 0.6) is 11.8 Å². The highest BCUT2D eigenvalue weighted by atomic mass is 16.5. The van der Waals surface area contributed by atoms with Crippen molar-refractivity contribution in [2.24, 2.45) is 5.73 Å². The minimum Gasteiger partial charge on any atom is -0.462 e. The number of benzene rings is 1. The van der Waals surface area contributed by atoms with Crippen molar-refractivity contribution < 1.29 is 14.3 Å². The van der Waals surface area contributed by atoms with Gasteiger partial charge in [-0.05, 0) is 31.5 Å². The van der Waals surface area contributed by atoms with Gasteiger partial charge in [0.15, 0.2) is 0 Å². The fourth-order valence-corrected chi connectivity index (χ4v) is 1.70. The highest BCUT2D eigenvalue weighted by Gasteiger charge is 2.13. The predicted octanol–water partition coefficient (Wildman–Crippen LogP) is 2.21. The molecule has 110 valence electrons. The number of esters is 1. The second kappa shape index (κ2) is 6.81. The number of ether oxygens (including phenoxy) is 2. The fourth-order valence-electron chi connectivity index (χ4n) is 1.70. The van der Waals surface area contributed by atoms with Gasteiger partial charge in [0.05, 0.1) is 17.9 Å². The summed E-state index contributed by atoms with van der Waals surface area (Å²) < 4.78 is 10.5. The molecule has 1 aromatic heterocycles. The molecule has 0 radical (unpaired) electrons. The Labute approximate surface area is 122 Å². The molecule has 2 N–H and O–H groups in total. The van der Waals surface area contributed by atoms with Crippen molar-refractivity contribution in [3.05, 3.63) is 47.3 Å². The third-order valence-corrected chi connectivity index (χ3v) is 2.82. The van der Waals surface area contributed by atoms with Crippen LogP contribution in [0.15, 0.2) is 30.5 Å². The highest BCUT2D eigenvalue weighted by Crippen LogP contribution is 2.19. The maximum atomic E-state index is 11.7. The van der Waals surface area contributed by atoms with Crippen LogP contribution in [0.4, 0.5) is 0 Å². The molecule has 6 nitrogen and oxygen atoms in total. The zero-order valence-electron chi connectivity index (χ0n) is 12.0. The highest BCUT2D eigenvalue weighted by molar-refractivity contribution is 5.90. The van der Waals surface area contributed by atoms with Gasteiger partial charge in [0, 0.05) is 12.7 Å². The quantitative estimate of drug-likeness (QED) is 0.848. The van der Waals surface area contributed by atoms with Crippen molar-refractivity contribution >= 4 is 5.97 Å². The largest absolute Gasteiger partial charge is 0.462 e. The van der Waals surface area contributed by atoms with E-state index in [0.717, 1.165) is 5.56 Å². The van der Waals surface area contributed by atoms with E-state index in [1.165, 1.54) is 6.20 Å². The van der Waals surface area contributed by atoms with Crippen LogP contribution in [0.25, 0.3) is 0 Å². The average Bonchev–Trinajstić information content (AvgIpc) is 2.48. The second-order valence-electron chi connectivity index (χ2n) is 4.32. The van der Waals surface area contributed by atoms with Crippen LogP contribution in [0, 0.1) is 6.92 Å². The lowest BCUT2D eigenvalue weighted by molar-refractivity contribution is 0.0524. The van der Waals surface area contributed by atoms with Gasteiger partial charge in [0.2, 0.25) is 0 Å². The topological polar surface area (TPSA) is 87.3 Å². The molecule has 0 saturated heterocycles. The molecule has 1 aromatic carbocycles. The lowest BCUT2D eigenvalue weighted by atomic mass is 10.2. The summed E-state index contributed by atoms with van der Waals surface area (Å²) >= 11 is 0. The number of nitrogens with two attached hydrogens (primary N) is 1. The zero-order valence-corrected chi connectivity index (χ0v) is 12.0. The van der Waals surface area contributed by atoms with Crippen LogP contribution in [-0.2, 0) is 11.3 Å². The number of hydrogen-bond donors (Lipinski definition) is 1. The normalized spacial score (nSPS) is 10.2. The van der Waals surface area contributed by atoms with Gasteiger partial charge in [0.1, 0.15) is 5.75 Å². The smallest absolute Gasteiger partial charge is 0.341 e. The van der Waals surface area contributed by atoms with Crippen molar-refractivity contribution in [3.8, 4) is 11.8 Å². The molecule has 0 unspecified atom stereocenters. The molecule has 21 heavy (non-hydrogen) atoms. The third kappa shape index (κ3) is 3.76. The first kappa shape index (κ1) is 14.9. The van der Waals surface area contributed by atoms with Gasteiger partial charge in [-0.15, -0.1) is 0 Å². The number of carbonyl (C=O) groups is 1. The van der Waals surface area contributed by atoms with E-state index < -0.39 is 5.97 Å². The summed E-state index contributed by atoms with van der Waals surface area (Å²) in [6.07, 6.45) is 1.41. The van der Waals surface area contributed by atoms with Crippen LogP contribution in [0.1, 0.15) is 28.5 Å². The van der Waals surface area contributed by atoms with E-state index in [2.05, 4.69) is 9.97 Å². The first-order valence-electron chi connectivity index (χ1n) is 6.61. The van der Waals surface area contributed by atoms with Gasteiger partial charge in [-0.3, -0.25) is 0 Å². The van der Waals surface area contributed by atoms with E-state index >= 15 is 0 Å². The van der Waals surface area contributed by atoms with Crippen LogP contribution in [0.2, 0.25) is 0 Å². The molecule has 0 amide bonds. The average molecular weight is 287 g/mol. The third-order valence-electron chi connectivity index (χ3n) is 2.82. The summed E-state index contributed by atoms with van der Waals surface area (Å²) in [5.41, 5.74) is 7.39. The summed E-state index contributed by atoms with van der Waals surface area (Å²) in [4.78, 5) is 19.8. The lowest BCUT2D eigenvalue weighted by Gasteiger charge is -2.07. The number of aromatic nitrogens is 2. The Kier molecular flexibility index (Phi) is 4.84. The van der Waals surface area contributed by atoms with E-state index in [-0.39, 0.29) is 6.01 Å². The molecule has 0 fully saturated rings. The predicted molar refractivity (Wildman–Crippen MR) is 77.1 cm³/mol. The fraction of sp³-hybridized carbons (Fsp3) is 0.267. The maximum absolute atomic E-state index is 11.7. The van der Waals surface area contributed by atoms with Gasteiger partial charge in [-0.1, -0.05) is 12.1 Å². The molecule has 2 aromatic rings. The van der Waals surface area contributed by atoms with Crippen molar-refractivity contribution in [2.45, 2.75) is 20.4 Å². The second-order valence-corrected chi connectivity index (χ2v) is 4.32. The summed E-state index contributed by atoms with van der Waals surface area (Å²) in [6.45, 7) is 4.24. The number of aryl methyl sites for hydroxylation is 1. The van der Waals surface area contributed by atoms with E-state index in [0.29, 0.717) is 30.2 Å². The number of carbonyl (C=O) groups excluding carboxylic acids is 1. The standard InChI is InChI=1S/C15H17N3O3/c1-3-20-14(19)13-9-17-15(18-10(13)2)21-12-6-4-11(8-16)5-7-12/h4-7,9H,3,8,16H2,1-2H3. The van der Waals surface area contributed by atoms with Crippen LogP contribution in [0.3, 0.4) is 0 Å². The van der Waals surface area contributed by atoms with Crippen molar-refractivity contribution in [3.63, 3.8) is 0 Å². The van der Waals surface area contributed by atoms with E-state index in [1.54, 1.807) is 26.0 Å². The molecule has 0 aliphatic rings. The Balaban J connectivity index is 2.14. The molecule has 0 atom stereocenters. The van der Waals surface area contributed by atoms with Gasteiger partial charge in [-0.2, -0.15) is 4.98 Å². The number of hydrogen-bond acceptors (Lipinski definition) is 6. The molecule has 0 spiro atoms. The van der Waals surface area contributed by atoms with E-state index in [1.807, 2.05) is 12.1 Å². The molecule has 1 heterocycles. The Bertz CT molecular complexity index is 627. The number of rotatable bonds is 5. The molecule has 0 aliphatic carbocycles. The monoisotopic (exact) mass is 287 g/mol. The Morgan fingerprint density at radius 3 is 2.57 bits per heavy atom. The summed E-state index contributed by atoms with van der Waals surface area (Å²) in [7, 11) is 0. The molecule has 2 rings (SSSR count). The van der Waals surface area contributed by atoms with Gasteiger partial charge < -0.3 is 15.2 Å². The van der Waals surface area contributed by atoms with Crippen LogP contribution in [-0.4, -0.2) is 22.5 Å². The first-order chi connectivity index (χ1) is 10.1. The SMILES string of the molecule is CCOC(=O)c1cnc(Oc2ccc(CN)cc2)nc1C. The van der Waals surface area contributed by atoms with E-state index in [9.17, 15) is 4.79 Å². The molecular weight excluding hydrogens is 270 g/mol. The van der Waals surface area contributed by atoms with Crippen molar-refractivity contribution in [1.82, 2.24) is 9.97 Å². The molecular formula is C15H17N3O3. The van der Waals surface area contributed by atoms with Gasteiger partial charge >= 0.3 is 12.0 Å². The Morgan fingerprint density at radius 2 is 2.00 bits per heavy atom. The van der Waals surface area contributed by atoms with Gasteiger partial charge in [-0.25, -0.2) is 9.78 Å². The van der Waals surface area contributed by atoms with Crippen molar-refractivity contribution in [2.75, 3.05) is 6.61 Å². The summed E-state index contributed by atoms with van der Waals surface area (Å²) in [5.74, 6) is 0.171. The lowest BCUT2D eigenvalue weighted by Crippen LogP contribution is -2.09. The van der Waals surface area contributed by atoms with Crippen LogP contribution < -0.4 is 10.5 Å². The Morgan fingerprint density at radius 1 is 1.29 bits per heavy atom. The van der Waals surface area contributed by atoms with E-state index in [4.69, 9.17) is 15.2 Å².